The highest BCUT2D eigenvalue weighted by molar-refractivity contribution is 9.10. The molecule has 0 saturated carbocycles. The predicted molar refractivity (Wildman–Crippen MR) is 80.2 cm³/mol. The molecule has 1 aromatic heterocycles. The van der Waals surface area contributed by atoms with Crippen molar-refractivity contribution < 1.29 is 0 Å². The molecule has 0 spiro atoms. The Morgan fingerprint density at radius 3 is 2.78 bits per heavy atom. The Morgan fingerprint density at radius 1 is 1.33 bits per heavy atom. The van der Waals surface area contributed by atoms with Crippen LogP contribution < -0.4 is 5.32 Å². The van der Waals surface area contributed by atoms with Crippen LogP contribution in [-0.2, 0) is 6.42 Å². The van der Waals surface area contributed by atoms with Gasteiger partial charge in [0, 0.05) is 16.7 Å². The van der Waals surface area contributed by atoms with Crippen molar-refractivity contribution in [2.75, 3.05) is 5.32 Å². The molecule has 1 N–H and O–H groups in total. The molecule has 0 amide bonds. The van der Waals surface area contributed by atoms with Crippen molar-refractivity contribution >= 4 is 33.2 Å². The highest BCUT2D eigenvalue weighted by Gasteiger charge is 2.07. The zero-order valence-corrected chi connectivity index (χ0v) is 12.4. The smallest absolute Gasteiger partial charge is 0.152 e. The Kier molecular flexibility index (Phi) is 4.61. The summed E-state index contributed by atoms with van der Waals surface area (Å²) in [7, 11) is 0. The Bertz CT molecular complexity index is 516. The fourth-order valence-corrected chi connectivity index (χ4v) is 2.30. The van der Waals surface area contributed by atoms with Gasteiger partial charge in [-0.25, -0.2) is 4.98 Å². The lowest BCUT2D eigenvalue weighted by Gasteiger charge is -2.16. The third kappa shape index (κ3) is 3.72. The minimum absolute atomic E-state index is 0.293. The van der Waals surface area contributed by atoms with Gasteiger partial charge in [0.05, 0.1) is 5.69 Å². The summed E-state index contributed by atoms with van der Waals surface area (Å²) in [5.41, 5.74) is 2.16. The fourth-order valence-electron chi connectivity index (χ4n) is 1.81. The van der Waals surface area contributed by atoms with E-state index < -0.39 is 0 Å². The SMILES string of the molecule is CC(Cc1ccccc1)Nc1cc(Br)cnc1Cl. The average molecular weight is 326 g/mol. The second-order valence-electron chi connectivity index (χ2n) is 4.23. The minimum atomic E-state index is 0.293. The summed E-state index contributed by atoms with van der Waals surface area (Å²) in [5.74, 6) is 0. The van der Waals surface area contributed by atoms with Crippen LogP contribution >= 0.6 is 27.5 Å². The van der Waals surface area contributed by atoms with Gasteiger partial charge in [-0.3, -0.25) is 0 Å². The van der Waals surface area contributed by atoms with E-state index >= 15 is 0 Å². The lowest BCUT2D eigenvalue weighted by molar-refractivity contribution is 0.789. The van der Waals surface area contributed by atoms with E-state index in [1.165, 1.54) is 5.56 Å². The monoisotopic (exact) mass is 324 g/mol. The maximum absolute atomic E-state index is 6.05. The first-order valence-electron chi connectivity index (χ1n) is 5.76. The molecule has 0 aliphatic carbocycles. The number of rotatable bonds is 4. The molecule has 4 heteroatoms. The van der Waals surface area contributed by atoms with Crippen LogP contribution in [0.25, 0.3) is 0 Å². The van der Waals surface area contributed by atoms with Gasteiger partial charge in [0.1, 0.15) is 0 Å². The number of hydrogen-bond donors (Lipinski definition) is 1. The van der Waals surface area contributed by atoms with Crippen molar-refractivity contribution in [3.8, 4) is 0 Å². The lowest BCUT2D eigenvalue weighted by atomic mass is 10.1. The van der Waals surface area contributed by atoms with Gasteiger partial charge in [0.25, 0.3) is 0 Å². The number of benzene rings is 1. The molecule has 94 valence electrons. The van der Waals surface area contributed by atoms with Crippen LogP contribution in [0, 0.1) is 0 Å². The van der Waals surface area contributed by atoms with E-state index in [0.717, 1.165) is 16.6 Å². The van der Waals surface area contributed by atoms with Crippen molar-refractivity contribution in [3.63, 3.8) is 0 Å². The number of anilines is 1. The first-order valence-corrected chi connectivity index (χ1v) is 6.94. The molecule has 1 aromatic carbocycles. The van der Waals surface area contributed by atoms with Crippen LogP contribution in [0.2, 0.25) is 5.15 Å². The average Bonchev–Trinajstić information content (AvgIpc) is 2.35. The molecule has 2 aromatic rings. The van der Waals surface area contributed by atoms with Gasteiger partial charge < -0.3 is 5.32 Å². The largest absolute Gasteiger partial charge is 0.380 e. The Balaban J connectivity index is 2.03. The predicted octanol–water partition coefficient (Wildman–Crippen LogP) is 4.54. The molecule has 18 heavy (non-hydrogen) atoms. The number of nitrogens with one attached hydrogen (secondary N) is 1. The number of hydrogen-bond acceptors (Lipinski definition) is 2. The van der Waals surface area contributed by atoms with Crippen molar-refractivity contribution in [2.45, 2.75) is 19.4 Å². The fraction of sp³-hybridized carbons (Fsp3) is 0.214. The standard InChI is InChI=1S/C14H14BrClN2/c1-10(7-11-5-3-2-4-6-11)18-13-8-12(15)9-17-14(13)16/h2-6,8-10,18H,7H2,1H3. The molecular weight excluding hydrogens is 312 g/mol. The van der Waals surface area contributed by atoms with Gasteiger partial charge in [-0.1, -0.05) is 41.9 Å². The van der Waals surface area contributed by atoms with Gasteiger partial charge in [-0.05, 0) is 40.9 Å². The maximum Gasteiger partial charge on any atom is 0.152 e. The van der Waals surface area contributed by atoms with Crippen molar-refractivity contribution in [1.82, 2.24) is 4.98 Å². The molecule has 1 unspecified atom stereocenters. The van der Waals surface area contributed by atoms with Gasteiger partial charge in [-0.2, -0.15) is 0 Å². The highest BCUT2D eigenvalue weighted by Crippen LogP contribution is 2.24. The molecule has 0 saturated heterocycles. The Labute approximate surface area is 121 Å². The molecule has 2 rings (SSSR count). The van der Waals surface area contributed by atoms with Gasteiger partial charge in [-0.15, -0.1) is 0 Å². The number of nitrogens with zero attached hydrogens (tertiary/aromatic N) is 1. The van der Waals surface area contributed by atoms with Crippen LogP contribution in [0.15, 0.2) is 47.1 Å². The van der Waals surface area contributed by atoms with Gasteiger partial charge in [0.2, 0.25) is 0 Å². The van der Waals surface area contributed by atoms with Crippen molar-refractivity contribution in [1.29, 1.82) is 0 Å². The first-order chi connectivity index (χ1) is 8.65. The zero-order chi connectivity index (χ0) is 13.0. The summed E-state index contributed by atoms with van der Waals surface area (Å²) >= 11 is 9.44. The molecule has 0 aliphatic rings. The van der Waals surface area contributed by atoms with E-state index in [9.17, 15) is 0 Å². The van der Waals surface area contributed by atoms with E-state index in [1.807, 2.05) is 12.1 Å². The molecule has 0 aliphatic heterocycles. The zero-order valence-electron chi connectivity index (χ0n) is 10.0. The van der Waals surface area contributed by atoms with Crippen molar-refractivity contribution in [3.05, 3.63) is 57.8 Å². The number of pyridine rings is 1. The van der Waals surface area contributed by atoms with Crippen LogP contribution in [0.3, 0.4) is 0 Å². The summed E-state index contributed by atoms with van der Waals surface area (Å²) in [4.78, 5) is 4.09. The highest BCUT2D eigenvalue weighted by atomic mass is 79.9. The molecular formula is C14H14BrClN2. The van der Waals surface area contributed by atoms with Crippen LogP contribution in [0.4, 0.5) is 5.69 Å². The molecule has 1 heterocycles. The summed E-state index contributed by atoms with van der Waals surface area (Å²) in [5, 5.41) is 3.87. The molecule has 0 bridgehead atoms. The Hall–Kier alpha value is -1.06. The summed E-state index contributed by atoms with van der Waals surface area (Å²) in [6, 6.07) is 12.6. The third-order valence-electron chi connectivity index (χ3n) is 2.59. The number of aromatic nitrogens is 1. The van der Waals surface area contributed by atoms with E-state index in [2.05, 4.69) is 57.4 Å². The molecule has 1 atom stereocenters. The number of halogens is 2. The van der Waals surface area contributed by atoms with Gasteiger partial charge >= 0.3 is 0 Å². The molecule has 0 radical (unpaired) electrons. The summed E-state index contributed by atoms with van der Waals surface area (Å²) in [6.07, 6.45) is 2.64. The summed E-state index contributed by atoms with van der Waals surface area (Å²) < 4.78 is 0.918. The summed E-state index contributed by atoms with van der Waals surface area (Å²) in [6.45, 7) is 2.13. The van der Waals surface area contributed by atoms with Crippen LogP contribution in [-0.4, -0.2) is 11.0 Å². The van der Waals surface area contributed by atoms with Crippen molar-refractivity contribution in [2.24, 2.45) is 0 Å². The first kappa shape index (κ1) is 13.4. The maximum atomic E-state index is 6.05. The minimum Gasteiger partial charge on any atom is -0.380 e. The van der Waals surface area contributed by atoms with E-state index in [1.54, 1.807) is 6.20 Å². The second-order valence-corrected chi connectivity index (χ2v) is 5.50. The van der Waals surface area contributed by atoms with Crippen LogP contribution in [0.1, 0.15) is 12.5 Å². The van der Waals surface area contributed by atoms with E-state index in [0.29, 0.717) is 11.2 Å². The van der Waals surface area contributed by atoms with E-state index in [-0.39, 0.29) is 0 Å². The topological polar surface area (TPSA) is 24.9 Å². The third-order valence-corrected chi connectivity index (χ3v) is 3.33. The second kappa shape index (κ2) is 6.21. The quantitative estimate of drug-likeness (QED) is 0.835. The Morgan fingerprint density at radius 2 is 2.06 bits per heavy atom. The molecule has 0 fully saturated rings. The molecule has 2 nitrogen and oxygen atoms in total. The normalized spacial score (nSPS) is 12.2. The lowest BCUT2D eigenvalue weighted by Crippen LogP contribution is -2.18. The van der Waals surface area contributed by atoms with Crippen LogP contribution in [0.5, 0.6) is 0 Å². The van der Waals surface area contributed by atoms with E-state index in [4.69, 9.17) is 11.6 Å². The van der Waals surface area contributed by atoms with Gasteiger partial charge in [0.15, 0.2) is 5.15 Å².